The molecule has 0 aliphatic carbocycles. The van der Waals surface area contributed by atoms with Crippen molar-refractivity contribution in [3.05, 3.63) is 0 Å². The Morgan fingerprint density at radius 2 is 2.00 bits per heavy atom. The summed E-state index contributed by atoms with van der Waals surface area (Å²) in [5, 5.41) is 5.63. The molecule has 0 radical (unpaired) electrons. The third-order valence-corrected chi connectivity index (χ3v) is 2.54. The fraction of sp³-hybridized carbons (Fsp3) is 0.818. The smallest absolute Gasteiger partial charge is 0.233 e. The Morgan fingerprint density at radius 3 is 2.65 bits per heavy atom. The van der Waals surface area contributed by atoms with Gasteiger partial charge in [-0.3, -0.25) is 9.59 Å². The van der Waals surface area contributed by atoms with Gasteiger partial charge in [-0.25, -0.2) is 0 Å². The van der Waals surface area contributed by atoms with Gasteiger partial charge in [0.15, 0.2) is 0 Å². The monoisotopic (exact) mass is 243 g/mol. The van der Waals surface area contributed by atoms with Crippen LogP contribution in [0.3, 0.4) is 0 Å². The third-order valence-electron chi connectivity index (χ3n) is 2.54. The van der Waals surface area contributed by atoms with Crippen LogP contribution in [0.2, 0.25) is 0 Å². The van der Waals surface area contributed by atoms with Crippen LogP contribution < -0.4 is 10.6 Å². The lowest BCUT2D eigenvalue weighted by Gasteiger charge is -2.26. The number of hydrogen-bond acceptors (Lipinski definition) is 4. The second kappa shape index (κ2) is 8.03. The summed E-state index contributed by atoms with van der Waals surface area (Å²) >= 11 is 0. The van der Waals surface area contributed by atoms with Gasteiger partial charge in [-0.1, -0.05) is 0 Å². The molecular formula is C11H21N3O3. The molecule has 0 unspecified atom stereocenters. The van der Waals surface area contributed by atoms with Crippen LogP contribution in [0.15, 0.2) is 0 Å². The first-order valence-corrected chi connectivity index (χ1v) is 6.07. The molecule has 0 aromatic rings. The van der Waals surface area contributed by atoms with Crippen molar-refractivity contribution in [1.82, 2.24) is 15.5 Å². The van der Waals surface area contributed by atoms with E-state index in [1.807, 2.05) is 6.92 Å². The standard InChI is InChI=1S/C11H21N3O3/c1-2-13-10(15)9-12-4-3-11(16)14-5-7-17-8-6-14/h12H,2-9H2,1H3,(H,13,15). The first kappa shape index (κ1) is 13.9. The first-order chi connectivity index (χ1) is 8.24. The topological polar surface area (TPSA) is 70.7 Å². The van der Waals surface area contributed by atoms with Crippen LogP contribution in [-0.4, -0.2) is 62.7 Å². The number of ether oxygens (including phenoxy) is 1. The minimum atomic E-state index is -0.0358. The molecule has 1 heterocycles. The number of hydrogen-bond donors (Lipinski definition) is 2. The Kier molecular flexibility index (Phi) is 6.57. The first-order valence-electron chi connectivity index (χ1n) is 6.07. The maximum Gasteiger partial charge on any atom is 0.233 e. The summed E-state index contributed by atoms with van der Waals surface area (Å²) in [4.78, 5) is 24.6. The second-order valence-electron chi connectivity index (χ2n) is 3.87. The molecular weight excluding hydrogens is 222 g/mol. The molecule has 6 heteroatoms. The second-order valence-corrected chi connectivity index (χ2v) is 3.87. The van der Waals surface area contributed by atoms with Crippen molar-refractivity contribution in [3.63, 3.8) is 0 Å². The Balaban J connectivity index is 2.05. The molecule has 1 fully saturated rings. The van der Waals surface area contributed by atoms with Gasteiger partial charge in [-0.15, -0.1) is 0 Å². The van der Waals surface area contributed by atoms with Crippen LogP contribution in [0.4, 0.5) is 0 Å². The number of rotatable bonds is 6. The number of carbonyl (C=O) groups excluding carboxylic acids is 2. The zero-order valence-electron chi connectivity index (χ0n) is 10.3. The Bertz CT molecular complexity index is 252. The maximum absolute atomic E-state index is 11.7. The van der Waals surface area contributed by atoms with E-state index in [1.54, 1.807) is 4.90 Å². The number of amides is 2. The molecule has 1 aliphatic rings. The summed E-state index contributed by atoms with van der Waals surface area (Å²) < 4.78 is 5.17. The van der Waals surface area contributed by atoms with Crippen LogP contribution in [0, 0.1) is 0 Å². The molecule has 0 aromatic carbocycles. The van der Waals surface area contributed by atoms with Gasteiger partial charge in [-0.2, -0.15) is 0 Å². The highest BCUT2D eigenvalue weighted by molar-refractivity contribution is 5.78. The van der Waals surface area contributed by atoms with E-state index in [2.05, 4.69) is 10.6 Å². The van der Waals surface area contributed by atoms with E-state index in [-0.39, 0.29) is 18.4 Å². The average Bonchev–Trinajstić information content (AvgIpc) is 2.36. The fourth-order valence-corrected chi connectivity index (χ4v) is 1.63. The zero-order chi connectivity index (χ0) is 12.5. The summed E-state index contributed by atoms with van der Waals surface area (Å²) in [6.07, 6.45) is 0.430. The largest absolute Gasteiger partial charge is 0.378 e. The van der Waals surface area contributed by atoms with Crippen LogP contribution in [0.25, 0.3) is 0 Å². The molecule has 1 rings (SSSR count). The molecule has 0 aromatic heterocycles. The van der Waals surface area contributed by atoms with Crippen LogP contribution in [0.5, 0.6) is 0 Å². The highest BCUT2D eigenvalue weighted by Crippen LogP contribution is 1.99. The Hall–Kier alpha value is -1.14. The Labute approximate surface area is 102 Å². The quantitative estimate of drug-likeness (QED) is 0.585. The van der Waals surface area contributed by atoms with Gasteiger partial charge in [0.25, 0.3) is 0 Å². The van der Waals surface area contributed by atoms with Crippen molar-refractivity contribution in [2.45, 2.75) is 13.3 Å². The number of likely N-dealkylation sites (N-methyl/N-ethyl adjacent to an activating group) is 1. The maximum atomic E-state index is 11.7. The molecule has 0 bridgehead atoms. The average molecular weight is 243 g/mol. The molecule has 17 heavy (non-hydrogen) atoms. The summed E-state index contributed by atoms with van der Waals surface area (Å²) in [7, 11) is 0. The number of carbonyl (C=O) groups is 2. The van der Waals surface area contributed by atoms with Crippen molar-refractivity contribution in [1.29, 1.82) is 0 Å². The molecule has 2 N–H and O–H groups in total. The zero-order valence-corrected chi connectivity index (χ0v) is 10.3. The van der Waals surface area contributed by atoms with E-state index in [4.69, 9.17) is 4.74 Å². The van der Waals surface area contributed by atoms with Crippen LogP contribution >= 0.6 is 0 Å². The summed E-state index contributed by atoms with van der Waals surface area (Å²) in [6.45, 7) is 5.91. The van der Waals surface area contributed by atoms with Gasteiger partial charge in [-0.05, 0) is 6.92 Å². The van der Waals surface area contributed by atoms with E-state index < -0.39 is 0 Å². The molecule has 0 saturated carbocycles. The number of nitrogens with zero attached hydrogens (tertiary/aromatic N) is 1. The third kappa shape index (κ3) is 5.65. The lowest BCUT2D eigenvalue weighted by molar-refractivity contribution is -0.135. The van der Waals surface area contributed by atoms with Gasteiger partial charge >= 0.3 is 0 Å². The van der Waals surface area contributed by atoms with Crippen LogP contribution in [0.1, 0.15) is 13.3 Å². The SMILES string of the molecule is CCNC(=O)CNCCC(=O)N1CCOCC1. The van der Waals surface area contributed by atoms with Gasteiger partial charge in [0, 0.05) is 32.6 Å². The molecule has 98 valence electrons. The van der Waals surface area contributed by atoms with Crippen molar-refractivity contribution in [2.75, 3.05) is 45.9 Å². The molecule has 1 aliphatic heterocycles. The van der Waals surface area contributed by atoms with E-state index in [0.29, 0.717) is 45.8 Å². The molecule has 1 saturated heterocycles. The Morgan fingerprint density at radius 1 is 1.29 bits per heavy atom. The lowest BCUT2D eigenvalue weighted by Crippen LogP contribution is -2.42. The van der Waals surface area contributed by atoms with E-state index in [0.717, 1.165) is 0 Å². The van der Waals surface area contributed by atoms with Crippen molar-refractivity contribution in [2.24, 2.45) is 0 Å². The molecule has 0 atom stereocenters. The number of morpholine rings is 1. The van der Waals surface area contributed by atoms with Crippen molar-refractivity contribution >= 4 is 11.8 Å². The normalized spacial score (nSPS) is 15.7. The number of nitrogens with one attached hydrogen (secondary N) is 2. The molecule has 0 spiro atoms. The van der Waals surface area contributed by atoms with Crippen molar-refractivity contribution < 1.29 is 14.3 Å². The highest BCUT2D eigenvalue weighted by Gasteiger charge is 2.15. The van der Waals surface area contributed by atoms with E-state index >= 15 is 0 Å². The van der Waals surface area contributed by atoms with Crippen molar-refractivity contribution in [3.8, 4) is 0 Å². The van der Waals surface area contributed by atoms with Gasteiger partial charge in [0.1, 0.15) is 0 Å². The van der Waals surface area contributed by atoms with E-state index in [9.17, 15) is 9.59 Å². The predicted molar refractivity (Wildman–Crippen MR) is 63.6 cm³/mol. The summed E-state index contributed by atoms with van der Waals surface area (Å²) in [5.74, 6) is 0.0861. The summed E-state index contributed by atoms with van der Waals surface area (Å²) in [6, 6.07) is 0. The van der Waals surface area contributed by atoms with Crippen LogP contribution in [-0.2, 0) is 14.3 Å². The molecule has 2 amide bonds. The van der Waals surface area contributed by atoms with Gasteiger partial charge in [0.05, 0.1) is 19.8 Å². The van der Waals surface area contributed by atoms with Gasteiger partial charge < -0.3 is 20.3 Å². The fourth-order valence-electron chi connectivity index (χ4n) is 1.63. The predicted octanol–water partition coefficient (Wildman–Crippen LogP) is -1.04. The van der Waals surface area contributed by atoms with E-state index in [1.165, 1.54) is 0 Å². The van der Waals surface area contributed by atoms with Gasteiger partial charge in [0.2, 0.25) is 11.8 Å². The highest BCUT2D eigenvalue weighted by atomic mass is 16.5. The lowest BCUT2D eigenvalue weighted by atomic mass is 10.3. The summed E-state index contributed by atoms with van der Waals surface area (Å²) in [5.41, 5.74) is 0. The minimum Gasteiger partial charge on any atom is -0.378 e. The molecule has 6 nitrogen and oxygen atoms in total. The minimum absolute atomic E-state index is 0.0358.